The van der Waals surface area contributed by atoms with Crippen molar-refractivity contribution in [1.82, 2.24) is 20.4 Å². The van der Waals surface area contributed by atoms with Crippen molar-refractivity contribution in [2.75, 3.05) is 19.6 Å². The summed E-state index contributed by atoms with van der Waals surface area (Å²) in [5, 5.41) is 7.83. The van der Waals surface area contributed by atoms with Crippen LogP contribution in [-0.2, 0) is 17.8 Å². The van der Waals surface area contributed by atoms with Gasteiger partial charge in [-0.2, -0.15) is 4.98 Å². The summed E-state index contributed by atoms with van der Waals surface area (Å²) in [6.07, 6.45) is 3.69. The van der Waals surface area contributed by atoms with Crippen LogP contribution >= 0.6 is 11.6 Å². The molecular weight excluding hydrogens is 464 g/mol. The van der Waals surface area contributed by atoms with Crippen LogP contribution in [0.3, 0.4) is 0 Å². The van der Waals surface area contributed by atoms with Gasteiger partial charge in [0.05, 0.1) is 12.6 Å². The van der Waals surface area contributed by atoms with E-state index in [1.807, 2.05) is 50.2 Å². The number of hydrogen-bond donors (Lipinski definition) is 1. The molecule has 0 radical (unpaired) electrons. The number of aryl methyl sites for hydroxylation is 1. The summed E-state index contributed by atoms with van der Waals surface area (Å²) in [4.78, 5) is 19.4. The highest BCUT2D eigenvalue weighted by atomic mass is 35.5. The van der Waals surface area contributed by atoms with Crippen molar-refractivity contribution >= 4 is 17.5 Å². The van der Waals surface area contributed by atoms with Gasteiger partial charge in [0.1, 0.15) is 5.75 Å². The van der Waals surface area contributed by atoms with Crippen LogP contribution < -0.4 is 10.1 Å². The molecule has 1 N–H and O–H groups in total. The quantitative estimate of drug-likeness (QED) is 0.391. The van der Waals surface area contributed by atoms with Gasteiger partial charge in [0, 0.05) is 23.0 Å². The van der Waals surface area contributed by atoms with Gasteiger partial charge in [-0.05, 0) is 82.4 Å². The second-order valence-corrected chi connectivity index (χ2v) is 9.71. The smallest absolute Gasteiger partial charge is 0.241 e. The fourth-order valence-electron chi connectivity index (χ4n) is 4.26. The lowest BCUT2D eigenvalue weighted by molar-refractivity contribution is -0.126. The minimum Gasteiger partial charge on any atom is -0.491 e. The molecule has 35 heavy (non-hydrogen) atoms. The Kier molecular flexibility index (Phi) is 8.77. The van der Waals surface area contributed by atoms with Gasteiger partial charge < -0.3 is 14.6 Å². The van der Waals surface area contributed by atoms with Gasteiger partial charge in [-0.1, -0.05) is 41.0 Å². The summed E-state index contributed by atoms with van der Waals surface area (Å²) in [6.45, 7) is 6.98. The first-order valence-electron chi connectivity index (χ1n) is 12.3. The lowest BCUT2D eigenvalue weighted by atomic mass is 9.96. The van der Waals surface area contributed by atoms with E-state index in [1.165, 1.54) is 5.56 Å². The fourth-order valence-corrected chi connectivity index (χ4v) is 4.45. The summed E-state index contributed by atoms with van der Waals surface area (Å²) < 4.78 is 11.1. The van der Waals surface area contributed by atoms with Gasteiger partial charge in [-0.25, -0.2) is 0 Å². The van der Waals surface area contributed by atoms with E-state index in [0.29, 0.717) is 29.8 Å². The van der Waals surface area contributed by atoms with Gasteiger partial charge in [0.15, 0.2) is 0 Å². The second-order valence-electron chi connectivity index (χ2n) is 9.28. The van der Waals surface area contributed by atoms with E-state index >= 15 is 0 Å². The zero-order valence-corrected chi connectivity index (χ0v) is 21.1. The maximum absolute atomic E-state index is 12.6. The van der Waals surface area contributed by atoms with E-state index in [4.69, 9.17) is 20.9 Å². The van der Waals surface area contributed by atoms with Crippen LogP contribution in [0.25, 0.3) is 11.4 Å². The molecule has 1 aliphatic heterocycles. The number of carbonyl (C=O) groups is 1. The van der Waals surface area contributed by atoms with E-state index in [2.05, 4.69) is 32.5 Å². The molecule has 3 aromatic rings. The first kappa shape index (κ1) is 25.2. The molecule has 0 bridgehead atoms. The SMILES string of the molecule is CC(C)Oc1ccc(CCCNC(=O)C2CCN(Cc3nc(-c4cccc(Cl)c4)no3)CC2)cc1. The summed E-state index contributed by atoms with van der Waals surface area (Å²) in [6, 6.07) is 15.6. The third kappa shape index (κ3) is 7.54. The number of carbonyl (C=O) groups excluding carboxylic acids is 1. The van der Waals surface area contributed by atoms with Crippen LogP contribution in [-0.4, -0.2) is 46.7 Å². The molecule has 0 aliphatic carbocycles. The molecule has 2 aromatic carbocycles. The third-order valence-corrected chi connectivity index (χ3v) is 6.34. The number of amides is 1. The van der Waals surface area contributed by atoms with E-state index in [1.54, 1.807) is 0 Å². The van der Waals surface area contributed by atoms with Crippen molar-refractivity contribution in [3.8, 4) is 17.1 Å². The normalized spacial score (nSPS) is 14.9. The van der Waals surface area contributed by atoms with Crippen molar-refractivity contribution in [3.05, 3.63) is 65.0 Å². The number of piperidine rings is 1. The molecule has 8 heteroatoms. The molecule has 1 aromatic heterocycles. The Hall–Kier alpha value is -2.90. The molecular formula is C27H33ClN4O3. The second kappa shape index (κ2) is 12.2. The predicted octanol–water partition coefficient (Wildman–Crippen LogP) is 5.14. The van der Waals surface area contributed by atoms with Gasteiger partial charge in [-0.15, -0.1) is 0 Å². The van der Waals surface area contributed by atoms with Crippen molar-refractivity contribution in [3.63, 3.8) is 0 Å². The lowest BCUT2D eigenvalue weighted by Gasteiger charge is -2.30. The monoisotopic (exact) mass is 496 g/mol. The molecule has 0 spiro atoms. The predicted molar refractivity (Wildman–Crippen MR) is 136 cm³/mol. The number of aromatic nitrogens is 2. The fraction of sp³-hybridized carbons (Fsp3) is 0.444. The Morgan fingerprint density at radius 1 is 1.20 bits per heavy atom. The molecule has 1 amide bonds. The van der Waals surface area contributed by atoms with E-state index in [9.17, 15) is 4.79 Å². The molecule has 0 saturated carbocycles. The highest BCUT2D eigenvalue weighted by Crippen LogP contribution is 2.22. The van der Waals surface area contributed by atoms with Crippen LogP contribution in [0, 0.1) is 5.92 Å². The van der Waals surface area contributed by atoms with Crippen LogP contribution in [0.4, 0.5) is 0 Å². The minimum absolute atomic E-state index is 0.0587. The van der Waals surface area contributed by atoms with E-state index in [0.717, 1.165) is 50.1 Å². The maximum Gasteiger partial charge on any atom is 0.241 e. The van der Waals surface area contributed by atoms with Crippen molar-refractivity contribution in [1.29, 1.82) is 0 Å². The zero-order chi connectivity index (χ0) is 24.6. The molecule has 186 valence electrons. The Labute approximate surface area is 211 Å². The van der Waals surface area contributed by atoms with E-state index in [-0.39, 0.29) is 17.9 Å². The topological polar surface area (TPSA) is 80.5 Å². The number of nitrogens with one attached hydrogen (secondary N) is 1. The molecule has 1 aliphatic rings. The third-order valence-electron chi connectivity index (χ3n) is 6.10. The number of ether oxygens (including phenoxy) is 1. The Morgan fingerprint density at radius 2 is 1.97 bits per heavy atom. The van der Waals surface area contributed by atoms with Gasteiger partial charge in [-0.3, -0.25) is 9.69 Å². The summed E-state index contributed by atoms with van der Waals surface area (Å²) in [7, 11) is 0. The summed E-state index contributed by atoms with van der Waals surface area (Å²) >= 11 is 6.05. The average Bonchev–Trinajstić information content (AvgIpc) is 3.31. The number of rotatable bonds is 10. The molecule has 2 heterocycles. The van der Waals surface area contributed by atoms with Gasteiger partial charge in [0.25, 0.3) is 0 Å². The highest BCUT2D eigenvalue weighted by Gasteiger charge is 2.25. The zero-order valence-electron chi connectivity index (χ0n) is 20.4. The molecule has 4 rings (SSSR count). The number of benzene rings is 2. The molecule has 1 fully saturated rings. The van der Waals surface area contributed by atoms with Crippen molar-refractivity contribution in [2.24, 2.45) is 5.92 Å². The summed E-state index contributed by atoms with van der Waals surface area (Å²) in [5.74, 6) is 2.22. The largest absolute Gasteiger partial charge is 0.491 e. The summed E-state index contributed by atoms with van der Waals surface area (Å²) in [5.41, 5.74) is 2.09. The minimum atomic E-state index is 0.0587. The number of hydrogen-bond acceptors (Lipinski definition) is 6. The Bertz CT molecular complexity index is 1090. The van der Waals surface area contributed by atoms with Crippen LogP contribution in [0.1, 0.15) is 44.6 Å². The van der Waals surface area contributed by atoms with E-state index < -0.39 is 0 Å². The van der Waals surface area contributed by atoms with Gasteiger partial charge >= 0.3 is 0 Å². The molecule has 0 atom stereocenters. The first-order valence-corrected chi connectivity index (χ1v) is 12.7. The van der Waals surface area contributed by atoms with Crippen molar-refractivity contribution < 1.29 is 14.1 Å². The highest BCUT2D eigenvalue weighted by molar-refractivity contribution is 6.30. The molecule has 7 nitrogen and oxygen atoms in total. The number of nitrogens with zero attached hydrogens (tertiary/aromatic N) is 3. The Balaban J connectivity index is 1.14. The standard InChI is InChI=1S/C27H33ClN4O3/c1-19(2)34-24-10-8-20(9-11-24)5-4-14-29-27(33)21-12-15-32(16-13-21)18-25-30-26(31-35-25)22-6-3-7-23(28)17-22/h3,6-11,17,19,21H,4-5,12-16,18H2,1-2H3,(H,29,33). The van der Waals surface area contributed by atoms with Crippen LogP contribution in [0.15, 0.2) is 53.1 Å². The molecule has 1 saturated heterocycles. The van der Waals surface area contributed by atoms with Crippen LogP contribution in [0.2, 0.25) is 5.02 Å². The van der Waals surface area contributed by atoms with Crippen LogP contribution in [0.5, 0.6) is 5.75 Å². The maximum atomic E-state index is 12.6. The lowest BCUT2D eigenvalue weighted by Crippen LogP contribution is -2.40. The number of halogens is 1. The number of likely N-dealkylation sites (tertiary alicyclic amines) is 1. The first-order chi connectivity index (χ1) is 17.0. The Morgan fingerprint density at radius 3 is 2.69 bits per heavy atom. The average molecular weight is 497 g/mol. The van der Waals surface area contributed by atoms with Gasteiger partial charge in [0.2, 0.25) is 17.6 Å². The molecule has 0 unspecified atom stereocenters. The van der Waals surface area contributed by atoms with Crippen molar-refractivity contribution in [2.45, 2.75) is 52.2 Å².